The first kappa shape index (κ1) is 17.4. The van der Waals surface area contributed by atoms with Crippen LogP contribution in [0.3, 0.4) is 0 Å². The molecule has 0 aromatic heterocycles. The van der Waals surface area contributed by atoms with E-state index in [1.54, 1.807) is 48.5 Å². The number of para-hydroxylation sites is 1. The van der Waals surface area contributed by atoms with Crippen molar-refractivity contribution in [1.29, 1.82) is 0 Å². The van der Waals surface area contributed by atoms with Gasteiger partial charge in [0.1, 0.15) is 11.5 Å². The Hall–Kier alpha value is -3.40. The highest BCUT2D eigenvalue weighted by Crippen LogP contribution is 2.26. The van der Waals surface area contributed by atoms with Gasteiger partial charge < -0.3 is 9.84 Å². The largest absolute Gasteiger partial charge is 0.481 e. The molecular formula is C22H18O4. The van der Waals surface area contributed by atoms with Crippen molar-refractivity contribution in [3.63, 3.8) is 0 Å². The summed E-state index contributed by atoms with van der Waals surface area (Å²) in [5, 5.41) is 8.99. The molecule has 0 saturated carbocycles. The number of hydrogen-bond donors (Lipinski definition) is 1. The van der Waals surface area contributed by atoms with Gasteiger partial charge in [0.25, 0.3) is 0 Å². The Kier molecular flexibility index (Phi) is 5.13. The number of hydrogen-bond acceptors (Lipinski definition) is 3. The van der Waals surface area contributed by atoms with E-state index in [0.717, 1.165) is 5.56 Å². The fourth-order valence-electron chi connectivity index (χ4n) is 2.70. The molecule has 0 aliphatic heterocycles. The van der Waals surface area contributed by atoms with E-state index in [0.29, 0.717) is 28.2 Å². The van der Waals surface area contributed by atoms with E-state index in [-0.39, 0.29) is 12.2 Å². The second kappa shape index (κ2) is 7.66. The van der Waals surface area contributed by atoms with Crippen LogP contribution in [-0.2, 0) is 11.2 Å². The van der Waals surface area contributed by atoms with Gasteiger partial charge >= 0.3 is 5.97 Å². The minimum absolute atomic E-state index is 0.0408. The standard InChI is InChI=1S/C22H18O4/c1-15-6-2-4-8-19(15)22(25)16-10-12-18(13-11-16)26-20-9-5-3-7-17(20)14-21(23)24/h2-13H,14H2,1H3,(H,23,24). The lowest BCUT2D eigenvalue weighted by atomic mass is 9.99. The summed E-state index contributed by atoms with van der Waals surface area (Å²) in [6, 6.07) is 21.3. The average Bonchev–Trinajstić information content (AvgIpc) is 2.63. The lowest BCUT2D eigenvalue weighted by molar-refractivity contribution is -0.136. The van der Waals surface area contributed by atoms with Gasteiger partial charge in [0.2, 0.25) is 0 Å². The molecule has 0 spiro atoms. The molecular weight excluding hydrogens is 328 g/mol. The van der Waals surface area contributed by atoms with Crippen molar-refractivity contribution in [2.24, 2.45) is 0 Å². The molecule has 0 unspecified atom stereocenters. The van der Waals surface area contributed by atoms with Crippen LogP contribution in [0.2, 0.25) is 0 Å². The third-order valence-corrected chi connectivity index (χ3v) is 4.05. The van der Waals surface area contributed by atoms with E-state index in [4.69, 9.17) is 9.84 Å². The van der Waals surface area contributed by atoms with Crippen molar-refractivity contribution >= 4 is 11.8 Å². The van der Waals surface area contributed by atoms with Crippen LogP contribution in [0.4, 0.5) is 0 Å². The number of aryl methyl sites for hydroxylation is 1. The molecule has 1 N–H and O–H groups in total. The van der Waals surface area contributed by atoms with Crippen molar-refractivity contribution in [3.05, 3.63) is 95.1 Å². The average molecular weight is 346 g/mol. The summed E-state index contributed by atoms with van der Waals surface area (Å²) in [6.45, 7) is 1.91. The summed E-state index contributed by atoms with van der Waals surface area (Å²) in [5.74, 6) is 0.0817. The number of ketones is 1. The minimum Gasteiger partial charge on any atom is -0.481 e. The van der Waals surface area contributed by atoms with Gasteiger partial charge in [-0.3, -0.25) is 9.59 Å². The molecule has 4 nitrogen and oxygen atoms in total. The van der Waals surface area contributed by atoms with Gasteiger partial charge in [0.05, 0.1) is 6.42 Å². The molecule has 4 heteroatoms. The highest BCUT2D eigenvalue weighted by Gasteiger charge is 2.12. The summed E-state index contributed by atoms with van der Waals surface area (Å²) in [6.07, 6.45) is -0.111. The zero-order valence-corrected chi connectivity index (χ0v) is 14.3. The molecule has 0 aliphatic carbocycles. The highest BCUT2D eigenvalue weighted by atomic mass is 16.5. The number of carboxylic acid groups (broad SMARTS) is 1. The van der Waals surface area contributed by atoms with Crippen molar-refractivity contribution in [2.45, 2.75) is 13.3 Å². The molecule has 3 aromatic rings. The van der Waals surface area contributed by atoms with E-state index in [9.17, 15) is 9.59 Å². The zero-order chi connectivity index (χ0) is 18.5. The van der Waals surface area contributed by atoms with Gasteiger partial charge in [-0.15, -0.1) is 0 Å². The first-order valence-corrected chi connectivity index (χ1v) is 8.22. The molecule has 0 fully saturated rings. The Labute approximate surface area is 151 Å². The Balaban J connectivity index is 1.80. The summed E-state index contributed by atoms with van der Waals surface area (Å²) >= 11 is 0. The first-order chi connectivity index (χ1) is 12.5. The Morgan fingerprint density at radius 2 is 1.54 bits per heavy atom. The third kappa shape index (κ3) is 3.98. The molecule has 0 aliphatic rings. The number of benzene rings is 3. The van der Waals surface area contributed by atoms with Crippen molar-refractivity contribution in [3.8, 4) is 11.5 Å². The third-order valence-electron chi connectivity index (χ3n) is 4.05. The van der Waals surface area contributed by atoms with Gasteiger partial charge in [-0.1, -0.05) is 42.5 Å². The normalized spacial score (nSPS) is 10.3. The fourth-order valence-corrected chi connectivity index (χ4v) is 2.70. The van der Waals surface area contributed by atoms with Crippen LogP contribution in [-0.4, -0.2) is 16.9 Å². The maximum Gasteiger partial charge on any atom is 0.307 e. The number of carbonyl (C=O) groups excluding carboxylic acids is 1. The van der Waals surface area contributed by atoms with Gasteiger partial charge in [0.15, 0.2) is 5.78 Å². The topological polar surface area (TPSA) is 63.6 Å². The van der Waals surface area contributed by atoms with E-state index in [1.165, 1.54) is 0 Å². The summed E-state index contributed by atoms with van der Waals surface area (Å²) < 4.78 is 5.80. The molecule has 0 bridgehead atoms. The van der Waals surface area contributed by atoms with Crippen LogP contribution in [0.5, 0.6) is 11.5 Å². The summed E-state index contributed by atoms with van der Waals surface area (Å²) in [7, 11) is 0. The molecule has 130 valence electrons. The molecule has 3 aromatic carbocycles. The van der Waals surface area contributed by atoms with Crippen LogP contribution >= 0.6 is 0 Å². The van der Waals surface area contributed by atoms with Crippen LogP contribution < -0.4 is 4.74 Å². The van der Waals surface area contributed by atoms with Crippen molar-refractivity contribution in [1.82, 2.24) is 0 Å². The summed E-state index contributed by atoms with van der Waals surface area (Å²) in [5.41, 5.74) is 2.78. The number of carboxylic acids is 1. The van der Waals surface area contributed by atoms with E-state index < -0.39 is 5.97 Å². The summed E-state index contributed by atoms with van der Waals surface area (Å²) in [4.78, 5) is 23.6. The lowest BCUT2D eigenvalue weighted by Gasteiger charge is -2.10. The number of ether oxygens (including phenoxy) is 1. The smallest absolute Gasteiger partial charge is 0.307 e. The Morgan fingerprint density at radius 3 is 2.23 bits per heavy atom. The lowest BCUT2D eigenvalue weighted by Crippen LogP contribution is -2.03. The van der Waals surface area contributed by atoms with Gasteiger partial charge in [-0.25, -0.2) is 0 Å². The second-order valence-electron chi connectivity index (χ2n) is 5.95. The van der Waals surface area contributed by atoms with Gasteiger partial charge in [-0.05, 0) is 42.8 Å². The van der Waals surface area contributed by atoms with Crippen LogP contribution in [0.1, 0.15) is 27.0 Å². The SMILES string of the molecule is Cc1ccccc1C(=O)c1ccc(Oc2ccccc2CC(=O)O)cc1. The Morgan fingerprint density at radius 1 is 0.885 bits per heavy atom. The fraction of sp³-hybridized carbons (Fsp3) is 0.0909. The quantitative estimate of drug-likeness (QED) is 0.660. The van der Waals surface area contributed by atoms with E-state index in [1.807, 2.05) is 31.2 Å². The van der Waals surface area contributed by atoms with E-state index in [2.05, 4.69) is 0 Å². The number of carbonyl (C=O) groups is 2. The maximum atomic E-state index is 12.6. The first-order valence-electron chi connectivity index (χ1n) is 8.22. The number of aliphatic carboxylic acids is 1. The zero-order valence-electron chi connectivity index (χ0n) is 14.3. The monoisotopic (exact) mass is 346 g/mol. The maximum absolute atomic E-state index is 12.6. The molecule has 0 saturated heterocycles. The predicted octanol–water partition coefficient (Wildman–Crippen LogP) is 4.65. The van der Waals surface area contributed by atoms with Crippen molar-refractivity contribution < 1.29 is 19.4 Å². The molecule has 0 heterocycles. The van der Waals surface area contributed by atoms with Crippen LogP contribution in [0.25, 0.3) is 0 Å². The molecule has 0 radical (unpaired) electrons. The van der Waals surface area contributed by atoms with Crippen LogP contribution in [0.15, 0.2) is 72.8 Å². The predicted molar refractivity (Wildman–Crippen MR) is 98.9 cm³/mol. The Bertz CT molecular complexity index is 942. The van der Waals surface area contributed by atoms with Crippen LogP contribution in [0, 0.1) is 6.92 Å². The minimum atomic E-state index is -0.916. The van der Waals surface area contributed by atoms with Crippen molar-refractivity contribution in [2.75, 3.05) is 0 Å². The molecule has 0 amide bonds. The van der Waals surface area contributed by atoms with Gasteiger partial charge in [-0.2, -0.15) is 0 Å². The molecule has 26 heavy (non-hydrogen) atoms. The van der Waals surface area contributed by atoms with E-state index >= 15 is 0 Å². The number of rotatable bonds is 6. The molecule has 3 rings (SSSR count). The van der Waals surface area contributed by atoms with Gasteiger partial charge in [0, 0.05) is 16.7 Å². The highest BCUT2D eigenvalue weighted by molar-refractivity contribution is 6.09. The molecule has 0 atom stereocenters. The second-order valence-corrected chi connectivity index (χ2v) is 5.95.